The van der Waals surface area contributed by atoms with E-state index in [0.29, 0.717) is 18.0 Å². The SMILES string of the molecule is CCCN(CC(=O)O)CC(=O)Nc1ccc(OC)cc1.Cl. The second-order valence-corrected chi connectivity index (χ2v) is 4.38. The number of anilines is 1. The average Bonchev–Trinajstić information content (AvgIpc) is 2.39. The van der Waals surface area contributed by atoms with E-state index in [9.17, 15) is 9.59 Å². The van der Waals surface area contributed by atoms with E-state index in [1.54, 1.807) is 36.3 Å². The van der Waals surface area contributed by atoms with E-state index in [1.807, 2.05) is 6.92 Å². The van der Waals surface area contributed by atoms with Crippen molar-refractivity contribution in [2.75, 3.05) is 32.1 Å². The number of ether oxygens (including phenoxy) is 1. The summed E-state index contributed by atoms with van der Waals surface area (Å²) < 4.78 is 5.03. The summed E-state index contributed by atoms with van der Waals surface area (Å²) >= 11 is 0. The van der Waals surface area contributed by atoms with E-state index in [4.69, 9.17) is 9.84 Å². The van der Waals surface area contributed by atoms with Gasteiger partial charge in [-0.3, -0.25) is 14.5 Å². The van der Waals surface area contributed by atoms with Crippen LogP contribution in [0.5, 0.6) is 5.75 Å². The van der Waals surface area contributed by atoms with Crippen LogP contribution in [0.15, 0.2) is 24.3 Å². The van der Waals surface area contributed by atoms with Crippen molar-refractivity contribution in [2.24, 2.45) is 0 Å². The van der Waals surface area contributed by atoms with Gasteiger partial charge >= 0.3 is 5.97 Å². The molecule has 0 radical (unpaired) electrons. The van der Waals surface area contributed by atoms with Gasteiger partial charge in [-0.25, -0.2) is 0 Å². The van der Waals surface area contributed by atoms with Crippen molar-refractivity contribution in [3.05, 3.63) is 24.3 Å². The van der Waals surface area contributed by atoms with Crippen molar-refractivity contribution in [2.45, 2.75) is 13.3 Å². The summed E-state index contributed by atoms with van der Waals surface area (Å²) in [4.78, 5) is 24.2. The molecule has 0 aliphatic rings. The Morgan fingerprint density at radius 3 is 2.33 bits per heavy atom. The van der Waals surface area contributed by atoms with Gasteiger partial charge in [0.15, 0.2) is 0 Å². The fourth-order valence-corrected chi connectivity index (χ4v) is 1.80. The molecule has 0 saturated carbocycles. The third-order valence-corrected chi connectivity index (χ3v) is 2.64. The number of carboxylic acid groups (broad SMARTS) is 1. The van der Waals surface area contributed by atoms with Gasteiger partial charge in [0.05, 0.1) is 20.2 Å². The number of rotatable bonds is 8. The van der Waals surface area contributed by atoms with Crippen molar-refractivity contribution in [1.82, 2.24) is 4.90 Å². The number of amides is 1. The summed E-state index contributed by atoms with van der Waals surface area (Å²) in [7, 11) is 1.57. The molecule has 0 saturated heterocycles. The zero-order chi connectivity index (χ0) is 15.0. The fraction of sp³-hybridized carbons (Fsp3) is 0.429. The summed E-state index contributed by atoms with van der Waals surface area (Å²) in [5, 5.41) is 11.5. The van der Waals surface area contributed by atoms with Crippen LogP contribution in [-0.2, 0) is 9.59 Å². The Morgan fingerprint density at radius 2 is 1.86 bits per heavy atom. The molecule has 6 nitrogen and oxygen atoms in total. The number of carbonyl (C=O) groups excluding carboxylic acids is 1. The minimum Gasteiger partial charge on any atom is -0.497 e. The van der Waals surface area contributed by atoms with Crippen molar-refractivity contribution >= 4 is 30.0 Å². The molecule has 0 fully saturated rings. The zero-order valence-corrected chi connectivity index (χ0v) is 13.0. The van der Waals surface area contributed by atoms with Crippen LogP contribution in [0.25, 0.3) is 0 Å². The van der Waals surface area contributed by atoms with Gasteiger partial charge in [-0.05, 0) is 37.2 Å². The molecule has 1 amide bonds. The predicted molar refractivity (Wildman–Crippen MR) is 83.2 cm³/mol. The van der Waals surface area contributed by atoms with Gasteiger partial charge in [-0.2, -0.15) is 0 Å². The summed E-state index contributed by atoms with van der Waals surface area (Å²) in [6.45, 7) is 2.44. The first-order chi connectivity index (χ1) is 9.55. The maximum Gasteiger partial charge on any atom is 0.317 e. The Hall–Kier alpha value is -1.79. The molecule has 1 aromatic carbocycles. The fourth-order valence-electron chi connectivity index (χ4n) is 1.80. The van der Waals surface area contributed by atoms with Crippen molar-refractivity contribution in [3.8, 4) is 5.75 Å². The molecule has 118 valence electrons. The molecule has 0 atom stereocenters. The molecule has 0 bridgehead atoms. The highest BCUT2D eigenvalue weighted by atomic mass is 35.5. The Labute approximate surface area is 130 Å². The molecule has 21 heavy (non-hydrogen) atoms. The number of carbonyl (C=O) groups is 2. The minimum atomic E-state index is -0.935. The molecule has 0 unspecified atom stereocenters. The smallest absolute Gasteiger partial charge is 0.317 e. The molecule has 0 aromatic heterocycles. The summed E-state index contributed by atoms with van der Waals surface area (Å²) in [5.41, 5.74) is 0.655. The van der Waals surface area contributed by atoms with Crippen LogP contribution in [-0.4, -0.2) is 48.6 Å². The van der Waals surface area contributed by atoms with Gasteiger partial charge in [0.2, 0.25) is 5.91 Å². The second kappa shape index (κ2) is 10.0. The Morgan fingerprint density at radius 1 is 1.24 bits per heavy atom. The Kier molecular flexibility index (Phi) is 9.16. The Bertz CT molecular complexity index is 451. The number of aliphatic carboxylic acids is 1. The molecular formula is C14H21ClN2O4. The predicted octanol–water partition coefficient (Wildman–Crippen LogP) is 1.85. The van der Waals surface area contributed by atoms with Crippen LogP contribution in [0.1, 0.15) is 13.3 Å². The largest absolute Gasteiger partial charge is 0.497 e. The molecule has 1 rings (SSSR count). The quantitative estimate of drug-likeness (QED) is 0.765. The van der Waals surface area contributed by atoms with E-state index in [1.165, 1.54) is 0 Å². The molecule has 0 spiro atoms. The van der Waals surface area contributed by atoms with Gasteiger partial charge in [0.1, 0.15) is 5.75 Å². The maximum atomic E-state index is 11.9. The normalized spacial score (nSPS) is 9.86. The lowest BCUT2D eigenvalue weighted by atomic mass is 10.3. The van der Waals surface area contributed by atoms with Gasteiger partial charge in [0, 0.05) is 5.69 Å². The topological polar surface area (TPSA) is 78.9 Å². The highest BCUT2D eigenvalue weighted by Gasteiger charge is 2.13. The highest BCUT2D eigenvalue weighted by Crippen LogP contribution is 2.14. The van der Waals surface area contributed by atoms with Crippen molar-refractivity contribution in [1.29, 1.82) is 0 Å². The van der Waals surface area contributed by atoms with E-state index in [0.717, 1.165) is 6.42 Å². The summed E-state index contributed by atoms with van der Waals surface area (Å²) in [5.74, 6) is -0.456. The van der Waals surface area contributed by atoms with Crippen molar-refractivity contribution < 1.29 is 19.4 Å². The highest BCUT2D eigenvalue weighted by molar-refractivity contribution is 5.92. The lowest BCUT2D eigenvalue weighted by molar-refractivity contribution is -0.138. The number of hydrogen-bond acceptors (Lipinski definition) is 4. The number of methoxy groups -OCH3 is 1. The second-order valence-electron chi connectivity index (χ2n) is 4.38. The lowest BCUT2D eigenvalue weighted by Crippen LogP contribution is -2.37. The molecule has 0 heterocycles. The van der Waals surface area contributed by atoms with Crippen LogP contribution >= 0.6 is 12.4 Å². The van der Waals surface area contributed by atoms with Gasteiger partial charge in [0.25, 0.3) is 0 Å². The van der Waals surface area contributed by atoms with Crippen LogP contribution in [0.4, 0.5) is 5.69 Å². The van der Waals surface area contributed by atoms with Crippen LogP contribution in [0.2, 0.25) is 0 Å². The third kappa shape index (κ3) is 7.53. The maximum absolute atomic E-state index is 11.9. The van der Waals surface area contributed by atoms with Crippen molar-refractivity contribution in [3.63, 3.8) is 0 Å². The molecule has 0 aliphatic carbocycles. The number of carboxylic acids is 1. The summed E-state index contributed by atoms with van der Waals surface area (Å²) in [6, 6.07) is 6.96. The lowest BCUT2D eigenvalue weighted by Gasteiger charge is -2.18. The monoisotopic (exact) mass is 316 g/mol. The number of benzene rings is 1. The zero-order valence-electron chi connectivity index (χ0n) is 12.2. The van der Waals surface area contributed by atoms with E-state index in [2.05, 4.69) is 5.32 Å². The molecule has 7 heteroatoms. The van der Waals surface area contributed by atoms with Crippen LogP contribution < -0.4 is 10.1 Å². The number of halogens is 1. The molecule has 2 N–H and O–H groups in total. The molecule has 1 aromatic rings. The first-order valence-electron chi connectivity index (χ1n) is 6.43. The number of hydrogen-bond donors (Lipinski definition) is 2. The van der Waals surface area contributed by atoms with E-state index in [-0.39, 0.29) is 31.4 Å². The summed E-state index contributed by atoms with van der Waals surface area (Å²) in [6.07, 6.45) is 0.795. The van der Waals surface area contributed by atoms with Crippen LogP contribution in [0, 0.1) is 0 Å². The standard InChI is InChI=1S/C14H20N2O4.ClH/c1-3-8-16(10-14(18)19)9-13(17)15-11-4-6-12(20-2)7-5-11;/h4-7H,3,8-10H2,1-2H3,(H,15,17)(H,18,19);1H. The Balaban J connectivity index is 0.00000400. The molecule has 0 aliphatic heterocycles. The van der Waals surface area contributed by atoms with E-state index >= 15 is 0 Å². The van der Waals surface area contributed by atoms with Gasteiger partial charge in [-0.1, -0.05) is 6.92 Å². The first kappa shape index (κ1) is 19.2. The van der Waals surface area contributed by atoms with Gasteiger partial charge in [-0.15, -0.1) is 12.4 Å². The number of nitrogens with zero attached hydrogens (tertiary/aromatic N) is 1. The van der Waals surface area contributed by atoms with Crippen LogP contribution in [0.3, 0.4) is 0 Å². The minimum absolute atomic E-state index is 0. The van der Waals surface area contributed by atoms with Gasteiger partial charge < -0.3 is 15.2 Å². The third-order valence-electron chi connectivity index (χ3n) is 2.64. The average molecular weight is 317 g/mol. The first-order valence-corrected chi connectivity index (χ1v) is 6.43. The molecular weight excluding hydrogens is 296 g/mol. The number of nitrogens with one attached hydrogen (secondary N) is 1. The van der Waals surface area contributed by atoms with E-state index < -0.39 is 5.97 Å².